The maximum absolute atomic E-state index is 9.81. The predicted molar refractivity (Wildman–Crippen MR) is 62.7 cm³/mol. The summed E-state index contributed by atoms with van der Waals surface area (Å²) in [5.41, 5.74) is 6.32. The topological polar surface area (TPSA) is 86.7 Å². The third kappa shape index (κ3) is 2.58. The molecular weight excluding hydrogens is 230 g/mol. The van der Waals surface area contributed by atoms with E-state index in [-0.39, 0.29) is 29.8 Å². The smallest absolute Gasteiger partial charge is 0.124 e. The molecule has 1 saturated carbocycles. The Morgan fingerprint density at radius 2 is 1.88 bits per heavy atom. The van der Waals surface area contributed by atoms with E-state index < -0.39 is 12.1 Å². The Labute approximate surface area is 100 Å². The summed E-state index contributed by atoms with van der Waals surface area (Å²) in [6, 6.07) is 3.64. The van der Waals surface area contributed by atoms with E-state index in [0.29, 0.717) is 5.56 Å². The third-order valence-corrected chi connectivity index (χ3v) is 2.85. The summed E-state index contributed by atoms with van der Waals surface area (Å²) >= 11 is 0. The number of aromatic hydroxyl groups is 2. The maximum atomic E-state index is 9.81. The number of phenols is 2. The molecule has 0 heterocycles. The van der Waals surface area contributed by atoms with Crippen LogP contribution in [-0.4, -0.2) is 21.4 Å². The molecule has 1 aliphatic carbocycles. The standard InChI is InChI=1S/C11H15NO3.ClH/c12-10(11(15)6-1-2-6)8-4-3-7(13)5-9(8)14;/h3-6,10-11,13-15H,1-2,12H2;1H/t10-,11+;/m1./s1. The van der Waals surface area contributed by atoms with Crippen molar-refractivity contribution in [2.75, 3.05) is 0 Å². The molecule has 0 aliphatic heterocycles. The number of benzene rings is 1. The van der Waals surface area contributed by atoms with Crippen molar-refractivity contribution in [2.45, 2.75) is 25.0 Å². The fourth-order valence-electron chi connectivity index (χ4n) is 1.73. The van der Waals surface area contributed by atoms with Crippen LogP contribution in [0.25, 0.3) is 0 Å². The summed E-state index contributed by atoms with van der Waals surface area (Å²) in [4.78, 5) is 0. The summed E-state index contributed by atoms with van der Waals surface area (Å²) in [5, 5.41) is 28.5. The Morgan fingerprint density at radius 1 is 1.25 bits per heavy atom. The molecule has 0 saturated heterocycles. The Balaban J connectivity index is 0.00000128. The molecule has 0 unspecified atom stereocenters. The van der Waals surface area contributed by atoms with Crippen molar-refractivity contribution in [1.82, 2.24) is 0 Å². The molecule has 90 valence electrons. The summed E-state index contributed by atoms with van der Waals surface area (Å²) in [7, 11) is 0. The monoisotopic (exact) mass is 245 g/mol. The normalized spacial score (nSPS) is 18.6. The summed E-state index contributed by atoms with van der Waals surface area (Å²) in [6.45, 7) is 0. The van der Waals surface area contributed by atoms with Crippen LogP contribution in [0.4, 0.5) is 0 Å². The van der Waals surface area contributed by atoms with E-state index in [4.69, 9.17) is 10.8 Å². The van der Waals surface area contributed by atoms with Gasteiger partial charge in [0.25, 0.3) is 0 Å². The van der Waals surface area contributed by atoms with Crippen LogP contribution in [0.2, 0.25) is 0 Å². The van der Waals surface area contributed by atoms with E-state index in [1.165, 1.54) is 12.1 Å². The van der Waals surface area contributed by atoms with Gasteiger partial charge in [0.1, 0.15) is 11.5 Å². The Kier molecular flexibility index (Phi) is 4.02. The number of hydrogen-bond donors (Lipinski definition) is 4. The van der Waals surface area contributed by atoms with Crippen LogP contribution >= 0.6 is 12.4 Å². The van der Waals surface area contributed by atoms with Crippen molar-refractivity contribution in [1.29, 1.82) is 0 Å². The molecule has 2 rings (SSSR count). The molecule has 0 spiro atoms. The van der Waals surface area contributed by atoms with Gasteiger partial charge in [-0.15, -0.1) is 12.4 Å². The van der Waals surface area contributed by atoms with Crippen molar-refractivity contribution in [2.24, 2.45) is 11.7 Å². The SMILES string of the molecule is Cl.N[C@H](c1ccc(O)cc1O)[C@@H](O)C1CC1. The lowest BCUT2D eigenvalue weighted by Crippen LogP contribution is -2.27. The van der Waals surface area contributed by atoms with Crippen molar-refractivity contribution < 1.29 is 15.3 Å². The highest BCUT2D eigenvalue weighted by Gasteiger charge is 2.35. The first kappa shape index (κ1) is 13.1. The molecule has 0 radical (unpaired) electrons. The fraction of sp³-hybridized carbons (Fsp3) is 0.455. The summed E-state index contributed by atoms with van der Waals surface area (Å²) in [6.07, 6.45) is 1.38. The zero-order valence-corrected chi connectivity index (χ0v) is 9.52. The van der Waals surface area contributed by atoms with Gasteiger partial charge in [0.05, 0.1) is 12.1 Å². The van der Waals surface area contributed by atoms with E-state index in [9.17, 15) is 10.2 Å². The molecule has 0 amide bonds. The first-order chi connectivity index (χ1) is 7.09. The van der Waals surface area contributed by atoms with Gasteiger partial charge in [-0.3, -0.25) is 0 Å². The van der Waals surface area contributed by atoms with Crippen LogP contribution in [-0.2, 0) is 0 Å². The Hall–Kier alpha value is -0.970. The molecule has 16 heavy (non-hydrogen) atoms. The van der Waals surface area contributed by atoms with Gasteiger partial charge >= 0.3 is 0 Å². The second-order valence-corrected chi connectivity index (χ2v) is 4.10. The van der Waals surface area contributed by atoms with Crippen LogP contribution in [0.1, 0.15) is 24.4 Å². The third-order valence-electron chi connectivity index (χ3n) is 2.85. The number of hydrogen-bond acceptors (Lipinski definition) is 4. The minimum absolute atomic E-state index is 0. The van der Waals surface area contributed by atoms with Crippen molar-refractivity contribution in [3.05, 3.63) is 23.8 Å². The first-order valence-corrected chi connectivity index (χ1v) is 5.05. The van der Waals surface area contributed by atoms with E-state index in [1.54, 1.807) is 6.07 Å². The Morgan fingerprint density at radius 3 is 2.38 bits per heavy atom. The number of nitrogens with two attached hydrogens (primary N) is 1. The first-order valence-electron chi connectivity index (χ1n) is 5.05. The zero-order chi connectivity index (χ0) is 11.0. The molecule has 1 aromatic rings. The van der Waals surface area contributed by atoms with Gasteiger partial charge < -0.3 is 21.1 Å². The highest BCUT2D eigenvalue weighted by atomic mass is 35.5. The summed E-state index contributed by atoms with van der Waals surface area (Å²) in [5.74, 6) is 0.180. The number of aliphatic hydroxyl groups is 1. The molecule has 0 bridgehead atoms. The average Bonchev–Trinajstić information content (AvgIpc) is 2.99. The van der Waals surface area contributed by atoms with Crippen LogP contribution in [0.15, 0.2) is 18.2 Å². The molecular formula is C11H16ClNO3. The van der Waals surface area contributed by atoms with Crippen molar-refractivity contribution in [3.63, 3.8) is 0 Å². The zero-order valence-electron chi connectivity index (χ0n) is 8.71. The number of halogens is 1. The van der Waals surface area contributed by atoms with Crippen LogP contribution in [0, 0.1) is 5.92 Å². The van der Waals surface area contributed by atoms with Gasteiger partial charge in [-0.05, 0) is 30.9 Å². The van der Waals surface area contributed by atoms with Crippen LogP contribution < -0.4 is 5.73 Å². The quantitative estimate of drug-likeness (QED) is 0.646. The largest absolute Gasteiger partial charge is 0.508 e. The van der Waals surface area contributed by atoms with Gasteiger partial charge in [-0.25, -0.2) is 0 Å². The number of phenolic OH excluding ortho intramolecular Hbond substituents is 2. The molecule has 1 aliphatic rings. The lowest BCUT2D eigenvalue weighted by Gasteiger charge is -2.19. The fourth-order valence-corrected chi connectivity index (χ4v) is 1.73. The second kappa shape index (κ2) is 4.91. The molecule has 1 aromatic carbocycles. The van der Waals surface area contributed by atoms with E-state index >= 15 is 0 Å². The molecule has 5 N–H and O–H groups in total. The minimum atomic E-state index is -0.611. The molecule has 2 atom stereocenters. The van der Waals surface area contributed by atoms with E-state index in [1.807, 2.05) is 0 Å². The molecule has 1 fully saturated rings. The lowest BCUT2D eigenvalue weighted by atomic mass is 9.98. The number of rotatable bonds is 3. The molecule has 5 heteroatoms. The van der Waals surface area contributed by atoms with Crippen LogP contribution in [0.5, 0.6) is 11.5 Å². The average molecular weight is 246 g/mol. The highest BCUT2D eigenvalue weighted by molar-refractivity contribution is 5.85. The lowest BCUT2D eigenvalue weighted by molar-refractivity contribution is 0.121. The van der Waals surface area contributed by atoms with Gasteiger partial charge in [-0.1, -0.05) is 0 Å². The van der Waals surface area contributed by atoms with Gasteiger partial charge in [-0.2, -0.15) is 0 Å². The van der Waals surface area contributed by atoms with Gasteiger partial charge in [0.2, 0.25) is 0 Å². The van der Waals surface area contributed by atoms with E-state index in [0.717, 1.165) is 12.8 Å². The highest BCUT2D eigenvalue weighted by Crippen LogP contribution is 2.39. The minimum Gasteiger partial charge on any atom is -0.508 e. The summed E-state index contributed by atoms with van der Waals surface area (Å²) < 4.78 is 0. The maximum Gasteiger partial charge on any atom is 0.124 e. The number of aliphatic hydroxyl groups excluding tert-OH is 1. The van der Waals surface area contributed by atoms with E-state index in [2.05, 4.69) is 0 Å². The van der Waals surface area contributed by atoms with Gasteiger partial charge in [0.15, 0.2) is 0 Å². The predicted octanol–water partition coefficient (Wildman–Crippen LogP) is 1.29. The van der Waals surface area contributed by atoms with Gasteiger partial charge in [0, 0.05) is 11.6 Å². The van der Waals surface area contributed by atoms with Crippen molar-refractivity contribution in [3.8, 4) is 11.5 Å². The second-order valence-electron chi connectivity index (χ2n) is 4.10. The molecule has 4 nitrogen and oxygen atoms in total. The Bertz CT molecular complexity index is 368. The molecule has 0 aromatic heterocycles. The van der Waals surface area contributed by atoms with Crippen molar-refractivity contribution >= 4 is 12.4 Å². The van der Waals surface area contributed by atoms with Crippen LogP contribution in [0.3, 0.4) is 0 Å².